The van der Waals surface area contributed by atoms with Gasteiger partial charge in [-0.1, -0.05) is 71.6 Å². The van der Waals surface area contributed by atoms with Crippen LogP contribution in [-0.2, 0) is 4.79 Å². The number of aromatic carboxylic acids is 1. The Bertz CT molecular complexity index is 1540. The summed E-state index contributed by atoms with van der Waals surface area (Å²) in [7, 11) is 2.07. The van der Waals surface area contributed by atoms with E-state index in [9.17, 15) is 14.7 Å². The minimum Gasteiger partial charge on any atom is -0.478 e. The highest BCUT2D eigenvalue weighted by atomic mass is 16.4. The molecular formula is C44H64N2O3. The van der Waals surface area contributed by atoms with E-state index in [1.165, 1.54) is 36.8 Å². The highest BCUT2D eigenvalue weighted by molar-refractivity contribution is 5.88. The molecule has 2 N–H and O–H groups in total. The second-order valence-electron chi connectivity index (χ2n) is 18.5. The van der Waals surface area contributed by atoms with Crippen LogP contribution in [0, 0.1) is 56.7 Å². The lowest BCUT2D eigenvalue weighted by molar-refractivity contribution is -0.225. The van der Waals surface area contributed by atoms with Crippen molar-refractivity contribution in [2.75, 3.05) is 20.1 Å². The van der Waals surface area contributed by atoms with Crippen LogP contribution in [0.3, 0.4) is 0 Å². The summed E-state index contributed by atoms with van der Waals surface area (Å²) in [6.45, 7) is 27.3. The maximum atomic E-state index is 14.4. The van der Waals surface area contributed by atoms with E-state index >= 15 is 0 Å². The van der Waals surface area contributed by atoms with Crippen LogP contribution in [0.5, 0.6) is 0 Å². The molecule has 1 amide bonds. The number of carbonyl (C=O) groups excluding carboxylic acids is 1. The van der Waals surface area contributed by atoms with Crippen molar-refractivity contribution in [1.82, 2.24) is 10.2 Å². The van der Waals surface area contributed by atoms with Crippen LogP contribution in [0.2, 0.25) is 0 Å². The second kappa shape index (κ2) is 12.4. The highest BCUT2D eigenvalue weighted by Crippen LogP contribution is 2.77. The van der Waals surface area contributed by atoms with Crippen molar-refractivity contribution in [3.8, 4) is 0 Å². The predicted octanol–water partition coefficient (Wildman–Crippen LogP) is 10.0. The zero-order valence-electron chi connectivity index (χ0n) is 31.9. The zero-order valence-corrected chi connectivity index (χ0v) is 31.9. The molecule has 0 saturated heterocycles. The molecule has 6 rings (SSSR count). The number of nitrogens with zero attached hydrogens (tertiary/aromatic N) is 1. The number of hydrogen-bond acceptors (Lipinski definition) is 3. The number of carbonyl (C=O) groups is 2. The minimum absolute atomic E-state index is 0.00763. The fourth-order valence-electron chi connectivity index (χ4n) is 13.3. The molecule has 5 nitrogen and oxygen atoms in total. The second-order valence-corrected chi connectivity index (χ2v) is 18.5. The largest absolute Gasteiger partial charge is 0.478 e. The SMILES string of the molecule is C=C(C)[C@@H]1CC[C@]2(C(=O)NCCCN(C)C(=C)C)CC[C@]3(C)[C@H](CC[C@@H]4[C@@]5(C)CC=C(c6ccc(C(=O)O)cc6)C(C)(C)[C@@H]5CC[C@]43C)[C@@H]12. The Kier molecular flexibility index (Phi) is 9.14. The highest BCUT2D eigenvalue weighted by Gasteiger charge is 2.71. The van der Waals surface area contributed by atoms with Gasteiger partial charge in [0.05, 0.1) is 11.0 Å². The molecule has 0 aromatic heterocycles. The van der Waals surface area contributed by atoms with Gasteiger partial charge in [0.15, 0.2) is 0 Å². The van der Waals surface area contributed by atoms with Crippen molar-refractivity contribution in [2.24, 2.45) is 56.7 Å². The van der Waals surface area contributed by atoms with Crippen molar-refractivity contribution in [1.29, 1.82) is 0 Å². The average molecular weight is 669 g/mol. The van der Waals surface area contributed by atoms with Gasteiger partial charge in [-0.05, 0) is 153 Å². The Balaban J connectivity index is 1.28. The third-order valence-electron chi connectivity index (χ3n) is 16.1. The van der Waals surface area contributed by atoms with Crippen LogP contribution in [-0.4, -0.2) is 42.0 Å². The van der Waals surface area contributed by atoms with E-state index in [1.807, 2.05) is 19.1 Å². The van der Waals surface area contributed by atoms with Crippen LogP contribution in [0.25, 0.3) is 5.57 Å². The maximum Gasteiger partial charge on any atom is 0.335 e. The average Bonchev–Trinajstić information content (AvgIpc) is 3.44. The first-order valence-corrected chi connectivity index (χ1v) is 19.3. The molecule has 9 atom stereocenters. The summed E-state index contributed by atoms with van der Waals surface area (Å²) in [5, 5.41) is 12.9. The van der Waals surface area contributed by atoms with Gasteiger partial charge in [-0.25, -0.2) is 4.79 Å². The van der Waals surface area contributed by atoms with E-state index in [4.69, 9.17) is 0 Å². The van der Waals surface area contributed by atoms with E-state index in [-0.39, 0.29) is 27.1 Å². The van der Waals surface area contributed by atoms with Crippen LogP contribution in [0.1, 0.15) is 129 Å². The number of nitrogens with one attached hydrogen (secondary N) is 1. The van der Waals surface area contributed by atoms with Gasteiger partial charge < -0.3 is 15.3 Å². The first kappa shape index (κ1) is 36.0. The van der Waals surface area contributed by atoms with Crippen LogP contribution in [0.4, 0.5) is 0 Å². The number of fused-ring (bicyclic) bond motifs is 7. The maximum absolute atomic E-state index is 14.4. The van der Waals surface area contributed by atoms with Gasteiger partial charge >= 0.3 is 5.97 Å². The Labute approximate surface area is 297 Å². The van der Waals surface area contributed by atoms with Gasteiger partial charge in [0, 0.05) is 25.8 Å². The minimum atomic E-state index is -0.873. The molecule has 0 aliphatic heterocycles. The monoisotopic (exact) mass is 668 g/mol. The normalized spacial score (nSPS) is 38.9. The van der Waals surface area contributed by atoms with E-state index in [0.29, 0.717) is 41.1 Å². The Hall–Kier alpha value is -2.82. The molecule has 0 heterocycles. The molecule has 268 valence electrons. The summed E-state index contributed by atoms with van der Waals surface area (Å²) in [6, 6.07) is 7.55. The summed E-state index contributed by atoms with van der Waals surface area (Å²) in [5.41, 5.74) is 5.53. The molecule has 5 heteroatoms. The van der Waals surface area contributed by atoms with Gasteiger partial charge in [0.25, 0.3) is 0 Å². The fourth-order valence-corrected chi connectivity index (χ4v) is 13.3. The van der Waals surface area contributed by atoms with E-state index in [0.717, 1.165) is 62.9 Å². The summed E-state index contributed by atoms with van der Waals surface area (Å²) >= 11 is 0. The van der Waals surface area contributed by atoms with Crippen molar-refractivity contribution in [2.45, 2.75) is 113 Å². The van der Waals surface area contributed by atoms with Crippen molar-refractivity contribution >= 4 is 17.4 Å². The Morgan fingerprint density at radius 2 is 1.59 bits per heavy atom. The molecule has 49 heavy (non-hydrogen) atoms. The summed E-state index contributed by atoms with van der Waals surface area (Å²) in [6.07, 6.45) is 13.6. The van der Waals surface area contributed by atoms with Gasteiger partial charge in [0.2, 0.25) is 5.91 Å². The molecule has 1 aromatic carbocycles. The zero-order chi connectivity index (χ0) is 35.7. The van der Waals surface area contributed by atoms with Gasteiger partial charge in [-0.15, -0.1) is 0 Å². The molecule has 1 aromatic rings. The van der Waals surface area contributed by atoms with E-state index < -0.39 is 5.97 Å². The third-order valence-corrected chi connectivity index (χ3v) is 16.1. The Morgan fingerprint density at radius 1 is 0.898 bits per heavy atom. The topological polar surface area (TPSA) is 69.6 Å². The fraction of sp³-hybridized carbons (Fsp3) is 0.682. The molecule has 5 aliphatic rings. The molecule has 5 aliphatic carbocycles. The van der Waals surface area contributed by atoms with E-state index in [1.54, 1.807) is 12.1 Å². The molecule has 4 fully saturated rings. The number of rotatable bonds is 9. The Morgan fingerprint density at radius 3 is 2.22 bits per heavy atom. The molecular weight excluding hydrogens is 604 g/mol. The quantitative estimate of drug-likeness (QED) is 0.203. The van der Waals surface area contributed by atoms with E-state index in [2.05, 4.69) is 78.0 Å². The number of carboxylic acid groups (broad SMARTS) is 1. The lowest BCUT2D eigenvalue weighted by Gasteiger charge is -2.72. The standard InChI is InChI=1S/C44H64N2O3/c1-28(2)32-18-23-44(39(49)45-26-11-27-46(10)29(3)4)25-24-42(8)34(37(32)44)16-17-36-41(7)21-19-33(30-12-14-31(15-13-30)38(47)48)40(5,6)35(41)20-22-43(36,42)9/h12-15,19,32,34-37H,1,3,11,16-18,20-27H2,2,4-10H3,(H,45,49)(H,47,48)/t32-,34+,35-,36+,37+,41-,42+,43+,44-/m0/s1. The van der Waals surface area contributed by atoms with Crippen molar-refractivity contribution < 1.29 is 14.7 Å². The molecule has 0 spiro atoms. The smallest absolute Gasteiger partial charge is 0.335 e. The van der Waals surface area contributed by atoms with Crippen molar-refractivity contribution in [3.05, 3.63) is 65.9 Å². The first-order chi connectivity index (χ1) is 22.9. The van der Waals surface area contributed by atoms with Crippen LogP contribution >= 0.6 is 0 Å². The molecule has 0 bridgehead atoms. The number of carboxylic acids is 1. The summed E-state index contributed by atoms with van der Waals surface area (Å²) < 4.78 is 0. The lowest BCUT2D eigenvalue weighted by Crippen LogP contribution is -2.66. The number of amides is 1. The number of hydrogen-bond donors (Lipinski definition) is 2. The third kappa shape index (κ3) is 5.38. The number of benzene rings is 1. The van der Waals surface area contributed by atoms with Gasteiger partial charge in [-0.2, -0.15) is 0 Å². The molecule has 0 unspecified atom stereocenters. The first-order valence-electron chi connectivity index (χ1n) is 19.3. The van der Waals surface area contributed by atoms with Crippen molar-refractivity contribution in [3.63, 3.8) is 0 Å². The lowest BCUT2D eigenvalue weighted by atomic mass is 9.32. The van der Waals surface area contributed by atoms with Gasteiger partial charge in [-0.3, -0.25) is 4.79 Å². The molecule has 4 saturated carbocycles. The number of allylic oxidation sites excluding steroid dienone is 4. The summed E-state index contributed by atoms with van der Waals surface area (Å²) in [4.78, 5) is 28.1. The summed E-state index contributed by atoms with van der Waals surface area (Å²) in [5.74, 6) is 1.95. The molecule has 0 radical (unpaired) electrons. The van der Waals surface area contributed by atoms with Gasteiger partial charge in [0.1, 0.15) is 0 Å². The van der Waals surface area contributed by atoms with Crippen LogP contribution < -0.4 is 5.32 Å². The predicted molar refractivity (Wildman–Crippen MR) is 201 cm³/mol. The van der Waals surface area contributed by atoms with Crippen LogP contribution in [0.15, 0.2) is 54.8 Å².